The van der Waals surface area contributed by atoms with E-state index < -0.39 is 0 Å². The molecule has 0 heterocycles. The molecular weight excluding hydrogens is 389 g/mol. The molecule has 0 fully saturated rings. The van der Waals surface area contributed by atoms with Crippen molar-refractivity contribution >= 4 is 12.4 Å². The third kappa shape index (κ3) is 5.64. The molecule has 0 amide bonds. The molecule has 3 rings (SSSR count). The molecule has 3 nitrogen and oxygen atoms in total. The number of hydrogen-bond acceptors (Lipinski definition) is 3. The first-order valence-corrected chi connectivity index (χ1v) is 10.4. The number of rotatable bonds is 9. The normalized spacial score (nSPS) is 16.5. The lowest BCUT2D eigenvalue weighted by molar-refractivity contribution is 0.333. The Morgan fingerprint density at radius 1 is 1.10 bits per heavy atom. The molecule has 0 bridgehead atoms. The van der Waals surface area contributed by atoms with E-state index in [1.807, 2.05) is 18.2 Å². The second kappa shape index (κ2) is 11.4. The molecule has 5 heteroatoms. The minimum absolute atomic E-state index is 0. The van der Waals surface area contributed by atoms with Gasteiger partial charge in [0.05, 0.1) is 14.2 Å². The van der Waals surface area contributed by atoms with Crippen molar-refractivity contribution in [3.63, 3.8) is 0 Å². The predicted octanol–water partition coefficient (Wildman–Crippen LogP) is 5.54. The zero-order chi connectivity index (χ0) is 19.9. The van der Waals surface area contributed by atoms with Crippen LogP contribution in [0.15, 0.2) is 36.4 Å². The largest absolute Gasteiger partial charge is 0.493 e. The van der Waals surface area contributed by atoms with Crippen molar-refractivity contribution in [2.75, 3.05) is 27.3 Å². The summed E-state index contributed by atoms with van der Waals surface area (Å²) in [4.78, 5) is 0. The number of fused-ring (bicyclic) bond motifs is 1. The van der Waals surface area contributed by atoms with Crippen LogP contribution < -0.4 is 14.8 Å². The van der Waals surface area contributed by atoms with Crippen LogP contribution >= 0.6 is 12.4 Å². The average Bonchev–Trinajstić information content (AvgIpc) is 2.73. The number of benzene rings is 2. The average molecular weight is 422 g/mol. The molecule has 0 saturated heterocycles. The fourth-order valence-corrected chi connectivity index (χ4v) is 4.50. The maximum atomic E-state index is 13.3. The van der Waals surface area contributed by atoms with Gasteiger partial charge in [-0.3, -0.25) is 0 Å². The summed E-state index contributed by atoms with van der Waals surface area (Å²) in [5, 5.41) is 3.62. The molecule has 2 atom stereocenters. The van der Waals surface area contributed by atoms with Gasteiger partial charge in [0.25, 0.3) is 0 Å². The fraction of sp³-hybridized carbons (Fsp3) is 0.500. The van der Waals surface area contributed by atoms with Gasteiger partial charge in [-0.25, -0.2) is 4.39 Å². The van der Waals surface area contributed by atoms with Gasteiger partial charge >= 0.3 is 0 Å². The molecule has 0 spiro atoms. The highest BCUT2D eigenvalue weighted by Crippen LogP contribution is 2.45. The Labute approximate surface area is 180 Å². The molecule has 2 aromatic rings. The highest BCUT2D eigenvalue weighted by Gasteiger charge is 2.30. The van der Waals surface area contributed by atoms with Gasteiger partial charge in [0.15, 0.2) is 11.5 Å². The van der Waals surface area contributed by atoms with Gasteiger partial charge < -0.3 is 14.8 Å². The van der Waals surface area contributed by atoms with E-state index in [-0.39, 0.29) is 18.2 Å². The van der Waals surface area contributed by atoms with Crippen LogP contribution in [0.1, 0.15) is 48.8 Å². The van der Waals surface area contributed by atoms with Crippen molar-refractivity contribution in [2.24, 2.45) is 5.92 Å². The topological polar surface area (TPSA) is 30.5 Å². The lowest BCUT2D eigenvalue weighted by Gasteiger charge is -2.34. The number of halogens is 2. The van der Waals surface area contributed by atoms with Crippen LogP contribution in [0.3, 0.4) is 0 Å². The Kier molecular flexibility index (Phi) is 9.25. The predicted molar refractivity (Wildman–Crippen MR) is 119 cm³/mol. The smallest absolute Gasteiger partial charge is 0.164 e. The molecule has 0 aromatic heterocycles. The van der Waals surface area contributed by atoms with E-state index in [2.05, 4.69) is 18.3 Å². The molecule has 0 aliphatic heterocycles. The zero-order valence-electron chi connectivity index (χ0n) is 17.7. The van der Waals surface area contributed by atoms with E-state index in [1.54, 1.807) is 26.4 Å². The van der Waals surface area contributed by atoms with Crippen molar-refractivity contribution in [1.29, 1.82) is 0 Å². The van der Waals surface area contributed by atoms with Gasteiger partial charge in [-0.1, -0.05) is 25.1 Å². The summed E-state index contributed by atoms with van der Waals surface area (Å²) >= 11 is 0. The van der Waals surface area contributed by atoms with E-state index in [0.29, 0.717) is 11.8 Å². The third-order valence-electron chi connectivity index (χ3n) is 5.84. The Hall–Kier alpha value is -1.78. The van der Waals surface area contributed by atoms with Crippen LogP contribution in [0.4, 0.5) is 4.39 Å². The minimum Gasteiger partial charge on any atom is -0.493 e. The maximum absolute atomic E-state index is 13.3. The highest BCUT2D eigenvalue weighted by molar-refractivity contribution is 5.85. The first-order chi connectivity index (χ1) is 13.7. The molecule has 160 valence electrons. The van der Waals surface area contributed by atoms with Crippen molar-refractivity contribution in [1.82, 2.24) is 5.32 Å². The van der Waals surface area contributed by atoms with Crippen molar-refractivity contribution in [3.05, 3.63) is 58.9 Å². The van der Waals surface area contributed by atoms with Gasteiger partial charge in [0.2, 0.25) is 0 Å². The first kappa shape index (κ1) is 23.5. The summed E-state index contributed by atoms with van der Waals surface area (Å²) in [6.45, 7) is 4.17. The van der Waals surface area contributed by atoms with E-state index in [0.717, 1.165) is 50.3 Å². The first-order valence-electron chi connectivity index (χ1n) is 10.4. The van der Waals surface area contributed by atoms with Crippen molar-refractivity contribution in [2.45, 2.75) is 44.9 Å². The number of hydrogen-bond donors (Lipinski definition) is 1. The molecule has 0 radical (unpaired) electrons. The van der Waals surface area contributed by atoms with Gasteiger partial charge in [-0.2, -0.15) is 0 Å². The van der Waals surface area contributed by atoms with E-state index in [9.17, 15) is 4.39 Å². The second-order valence-corrected chi connectivity index (χ2v) is 7.66. The lowest BCUT2D eigenvalue weighted by Crippen LogP contribution is -2.31. The summed E-state index contributed by atoms with van der Waals surface area (Å²) in [7, 11) is 3.41. The Bertz CT molecular complexity index is 766. The molecular formula is C24H33ClFNO2. The summed E-state index contributed by atoms with van der Waals surface area (Å²) in [6, 6.07) is 11.2. The Morgan fingerprint density at radius 2 is 1.86 bits per heavy atom. The third-order valence-corrected chi connectivity index (χ3v) is 5.84. The van der Waals surface area contributed by atoms with E-state index in [4.69, 9.17) is 9.47 Å². The zero-order valence-corrected chi connectivity index (χ0v) is 18.5. The van der Waals surface area contributed by atoms with Crippen molar-refractivity contribution < 1.29 is 13.9 Å². The standard InChI is InChI=1S/C24H32FNO2.ClH/c1-4-14-26-16-18(15-17-8-10-19(25)11-9-17)20-6-5-7-22-21(20)12-13-23(27-2)24(22)28-3;/h8-13,18,20,26H,4-7,14-16H2,1-3H3;1H. The van der Waals surface area contributed by atoms with Crippen LogP contribution in [0, 0.1) is 11.7 Å². The lowest BCUT2D eigenvalue weighted by atomic mass is 9.73. The monoisotopic (exact) mass is 421 g/mol. The van der Waals surface area contributed by atoms with Crippen molar-refractivity contribution in [3.8, 4) is 11.5 Å². The molecule has 2 unspecified atom stereocenters. The highest BCUT2D eigenvalue weighted by atomic mass is 35.5. The molecule has 2 aromatic carbocycles. The SMILES string of the molecule is CCCNCC(Cc1ccc(F)cc1)C1CCCc2c1ccc(OC)c2OC.Cl. The van der Waals surface area contributed by atoms with E-state index >= 15 is 0 Å². The fourth-order valence-electron chi connectivity index (χ4n) is 4.50. The number of methoxy groups -OCH3 is 2. The summed E-state index contributed by atoms with van der Waals surface area (Å²) in [6.07, 6.45) is 5.40. The molecule has 1 aliphatic rings. The minimum atomic E-state index is -0.177. The van der Waals surface area contributed by atoms with Gasteiger partial charge in [0.1, 0.15) is 5.82 Å². The van der Waals surface area contributed by atoms with Crippen LogP contribution in [-0.2, 0) is 12.8 Å². The maximum Gasteiger partial charge on any atom is 0.164 e. The Morgan fingerprint density at radius 3 is 2.52 bits per heavy atom. The van der Waals surface area contributed by atoms with Crippen LogP contribution in [0.25, 0.3) is 0 Å². The summed E-state index contributed by atoms with van der Waals surface area (Å²) in [5.74, 6) is 2.42. The second-order valence-electron chi connectivity index (χ2n) is 7.66. The molecule has 29 heavy (non-hydrogen) atoms. The van der Waals surface area contributed by atoms with Gasteiger partial charge in [0, 0.05) is 5.56 Å². The summed E-state index contributed by atoms with van der Waals surface area (Å²) < 4.78 is 24.6. The summed E-state index contributed by atoms with van der Waals surface area (Å²) in [5.41, 5.74) is 3.87. The Balaban J connectivity index is 0.00000300. The van der Waals surface area contributed by atoms with Crippen LogP contribution in [0.2, 0.25) is 0 Å². The molecule has 1 aliphatic carbocycles. The number of ether oxygens (including phenoxy) is 2. The molecule has 1 N–H and O–H groups in total. The molecule has 0 saturated carbocycles. The quantitative estimate of drug-likeness (QED) is 0.539. The van der Waals surface area contributed by atoms with E-state index in [1.165, 1.54) is 23.1 Å². The van der Waals surface area contributed by atoms with Gasteiger partial charge in [-0.05, 0) is 86.4 Å². The van der Waals surface area contributed by atoms with Gasteiger partial charge in [-0.15, -0.1) is 12.4 Å². The number of nitrogens with one attached hydrogen (secondary N) is 1. The van der Waals surface area contributed by atoms with Crippen LogP contribution in [0.5, 0.6) is 11.5 Å². The van der Waals surface area contributed by atoms with Crippen LogP contribution in [-0.4, -0.2) is 27.3 Å².